The van der Waals surface area contributed by atoms with Crippen molar-refractivity contribution >= 4 is 16.9 Å². The molecule has 140 valence electrons. The van der Waals surface area contributed by atoms with E-state index in [9.17, 15) is 9.18 Å². The van der Waals surface area contributed by atoms with E-state index in [1.165, 1.54) is 19.2 Å². The first-order valence-electron chi connectivity index (χ1n) is 8.77. The Balaban J connectivity index is 1.50. The molecule has 1 aliphatic rings. The second kappa shape index (κ2) is 7.46. The molecule has 4 rings (SSSR count). The van der Waals surface area contributed by atoms with Crippen LogP contribution in [-0.2, 0) is 16.1 Å². The van der Waals surface area contributed by atoms with Gasteiger partial charge in [0.25, 0.3) is 0 Å². The Bertz CT molecular complexity index is 955. The van der Waals surface area contributed by atoms with E-state index in [4.69, 9.17) is 9.47 Å². The standard InChI is InChI=1S/C20H20FN3O3/c1-26-20(25)15-4-7-18-16(10-15)11-22-24(18)13-23-8-9-27-19(12-23)14-2-5-17(21)6-3-14/h2-7,10-11,19H,8-9,12-13H2,1H3. The molecule has 0 bridgehead atoms. The zero-order chi connectivity index (χ0) is 18.8. The largest absolute Gasteiger partial charge is 0.465 e. The molecule has 1 saturated heterocycles. The fraction of sp³-hybridized carbons (Fsp3) is 0.300. The first-order valence-corrected chi connectivity index (χ1v) is 8.77. The topological polar surface area (TPSA) is 56.6 Å². The summed E-state index contributed by atoms with van der Waals surface area (Å²) in [6.07, 6.45) is 1.66. The maximum Gasteiger partial charge on any atom is 0.337 e. The Morgan fingerprint density at radius 2 is 2.11 bits per heavy atom. The van der Waals surface area contributed by atoms with Crippen LogP contribution in [0.4, 0.5) is 4.39 Å². The van der Waals surface area contributed by atoms with Crippen molar-refractivity contribution in [1.82, 2.24) is 14.7 Å². The average Bonchev–Trinajstić information content (AvgIpc) is 3.10. The number of carbonyl (C=O) groups is 1. The first kappa shape index (κ1) is 17.6. The van der Waals surface area contributed by atoms with Gasteiger partial charge < -0.3 is 9.47 Å². The molecular weight excluding hydrogens is 349 g/mol. The van der Waals surface area contributed by atoms with E-state index in [2.05, 4.69) is 10.00 Å². The number of hydrogen-bond donors (Lipinski definition) is 0. The predicted octanol–water partition coefficient (Wildman–Crippen LogP) is 2.99. The number of benzene rings is 2. The van der Waals surface area contributed by atoms with E-state index in [-0.39, 0.29) is 17.9 Å². The summed E-state index contributed by atoms with van der Waals surface area (Å²) >= 11 is 0. The van der Waals surface area contributed by atoms with Gasteiger partial charge in [-0.15, -0.1) is 0 Å². The smallest absolute Gasteiger partial charge is 0.337 e. The Labute approximate surface area is 156 Å². The highest BCUT2D eigenvalue weighted by molar-refractivity contribution is 5.94. The second-order valence-electron chi connectivity index (χ2n) is 6.54. The fourth-order valence-corrected chi connectivity index (χ4v) is 3.34. The van der Waals surface area contributed by atoms with Crippen LogP contribution >= 0.6 is 0 Å². The maximum atomic E-state index is 13.1. The highest BCUT2D eigenvalue weighted by atomic mass is 19.1. The quantitative estimate of drug-likeness (QED) is 0.662. The van der Waals surface area contributed by atoms with Crippen molar-refractivity contribution in [2.75, 3.05) is 26.8 Å². The van der Waals surface area contributed by atoms with Crippen molar-refractivity contribution < 1.29 is 18.7 Å². The highest BCUT2D eigenvalue weighted by Crippen LogP contribution is 2.24. The second-order valence-corrected chi connectivity index (χ2v) is 6.54. The summed E-state index contributed by atoms with van der Waals surface area (Å²) in [6, 6.07) is 11.8. The number of fused-ring (bicyclic) bond motifs is 1. The maximum absolute atomic E-state index is 13.1. The molecule has 0 radical (unpaired) electrons. The predicted molar refractivity (Wildman–Crippen MR) is 97.7 cm³/mol. The normalized spacial score (nSPS) is 17.9. The van der Waals surface area contributed by atoms with E-state index in [1.54, 1.807) is 30.5 Å². The zero-order valence-electron chi connectivity index (χ0n) is 15.0. The SMILES string of the molecule is COC(=O)c1ccc2c(cnn2CN2CCOC(c3ccc(F)cc3)C2)c1. The van der Waals surface area contributed by atoms with Crippen molar-refractivity contribution in [2.45, 2.75) is 12.8 Å². The van der Waals surface area contributed by atoms with Crippen LogP contribution in [0.1, 0.15) is 22.0 Å². The molecule has 0 amide bonds. The molecule has 2 aromatic carbocycles. The van der Waals surface area contributed by atoms with Crippen molar-refractivity contribution in [2.24, 2.45) is 0 Å². The number of halogens is 1. The van der Waals surface area contributed by atoms with Crippen LogP contribution in [0, 0.1) is 5.82 Å². The minimum atomic E-state index is -0.361. The fourth-order valence-electron chi connectivity index (χ4n) is 3.34. The average molecular weight is 369 g/mol. The van der Waals surface area contributed by atoms with E-state index >= 15 is 0 Å². The molecule has 3 aromatic rings. The van der Waals surface area contributed by atoms with Gasteiger partial charge >= 0.3 is 5.97 Å². The van der Waals surface area contributed by atoms with E-state index in [1.807, 2.05) is 10.7 Å². The Morgan fingerprint density at radius 3 is 2.89 bits per heavy atom. The molecule has 0 spiro atoms. The lowest BCUT2D eigenvalue weighted by Crippen LogP contribution is -2.39. The first-order chi connectivity index (χ1) is 13.1. The molecular formula is C20H20FN3O3. The third-order valence-corrected chi connectivity index (χ3v) is 4.79. The summed E-state index contributed by atoms with van der Waals surface area (Å²) in [7, 11) is 1.37. The van der Waals surface area contributed by atoms with Gasteiger partial charge in [-0.3, -0.25) is 9.58 Å². The molecule has 6 nitrogen and oxygen atoms in total. The number of rotatable bonds is 4. The number of morpholine rings is 1. The summed E-state index contributed by atoms with van der Waals surface area (Å²) in [4.78, 5) is 13.9. The molecule has 1 unspecified atom stereocenters. The molecule has 27 heavy (non-hydrogen) atoms. The van der Waals surface area contributed by atoms with Gasteiger partial charge in [0.1, 0.15) is 5.82 Å². The van der Waals surface area contributed by atoms with Crippen molar-refractivity contribution in [3.63, 3.8) is 0 Å². The minimum Gasteiger partial charge on any atom is -0.465 e. The Kier molecular flexibility index (Phi) is 4.87. The summed E-state index contributed by atoms with van der Waals surface area (Å²) in [5, 5.41) is 5.35. The molecule has 7 heteroatoms. The van der Waals surface area contributed by atoms with Crippen LogP contribution in [0.3, 0.4) is 0 Å². The van der Waals surface area contributed by atoms with Gasteiger partial charge in [0, 0.05) is 18.5 Å². The van der Waals surface area contributed by atoms with Gasteiger partial charge in [0.2, 0.25) is 0 Å². The number of esters is 1. The van der Waals surface area contributed by atoms with Crippen molar-refractivity contribution in [3.8, 4) is 0 Å². The lowest BCUT2D eigenvalue weighted by atomic mass is 10.1. The van der Waals surface area contributed by atoms with Crippen molar-refractivity contribution in [3.05, 3.63) is 65.6 Å². The van der Waals surface area contributed by atoms with Crippen LogP contribution in [0.2, 0.25) is 0 Å². The summed E-state index contributed by atoms with van der Waals surface area (Å²) in [6.45, 7) is 2.71. The van der Waals surface area contributed by atoms with E-state index in [0.29, 0.717) is 25.4 Å². The molecule has 0 N–H and O–H groups in total. The van der Waals surface area contributed by atoms with Crippen LogP contribution in [-0.4, -0.2) is 47.5 Å². The highest BCUT2D eigenvalue weighted by Gasteiger charge is 2.23. The molecule has 1 aliphatic heterocycles. The molecule has 2 heterocycles. The van der Waals surface area contributed by atoms with Crippen LogP contribution < -0.4 is 0 Å². The van der Waals surface area contributed by atoms with Gasteiger partial charge in [0.15, 0.2) is 0 Å². The van der Waals surface area contributed by atoms with Gasteiger partial charge in [-0.25, -0.2) is 9.18 Å². The Hall–Kier alpha value is -2.77. The lowest BCUT2D eigenvalue weighted by Gasteiger charge is -2.33. The monoisotopic (exact) mass is 369 g/mol. The van der Waals surface area contributed by atoms with E-state index < -0.39 is 0 Å². The third-order valence-electron chi connectivity index (χ3n) is 4.79. The summed E-state index contributed by atoms with van der Waals surface area (Å²) < 4.78 is 25.7. The molecule has 0 aliphatic carbocycles. The number of ether oxygens (including phenoxy) is 2. The number of hydrogen-bond acceptors (Lipinski definition) is 5. The number of methoxy groups -OCH3 is 1. The van der Waals surface area contributed by atoms with E-state index in [0.717, 1.165) is 23.0 Å². The molecule has 1 fully saturated rings. The van der Waals surface area contributed by atoms with Crippen LogP contribution in [0.15, 0.2) is 48.7 Å². The van der Waals surface area contributed by atoms with Gasteiger partial charge in [0.05, 0.1) is 43.8 Å². The van der Waals surface area contributed by atoms with Gasteiger partial charge in [-0.1, -0.05) is 12.1 Å². The van der Waals surface area contributed by atoms with Crippen LogP contribution in [0.5, 0.6) is 0 Å². The molecule has 1 atom stereocenters. The summed E-state index contributed by atoms with van der Waals surface area (Å²) in [5.41, 5.74) is 2.42. The summed E-state index contributed by atoms with van der Waals surface area (Å²) in [5.74, 6) is -0.610. The minimum absolute atomic E-state index is 0.0906. The van der Waals surface area contributed by atoms with Crippen LogP contribution in [0.25, 0.3) is 10.9 Å². The van der Waals surface area contributed by atoms with Gasteiger partial charge in [-0.05, 0) is 35.9 Å². The lowest BCUT2D eigenvalue weighted by molar-refractivity contribution is -0.0411. The molecule has 1 aromatic heterocycles. The third kappa shape index (κ3) is 3.70. The number of carbonyl (C=O) groups excluding carboxylic acids is 1. The van der Waals surface area contributed by atoms with Gasteiger partial charge in [-0.2, -0.15) is 5.10 Å². The zero-order valence-corrected chi connectivity index (χ0v) is 15.0. The Morgan fingerprint density at radius 1 is 1.30 bits per heavy atom. The molecule has 0 saturated carbocycles. The number of nitrogens with zero attached hydrogens (tertiary/aromatic N) is 3. The van der Waals surface area contributed by atoms with Crippen molar-refractivity contribution in [1.29, 1.82) is 0 Å². The number of aromatic nitrogens is 2.